The first-order valence-electron chi connectivity index (χ1n) is 12.9. The molecule has 0 aromatic heterocycles. The van der Waals surface area contributed by atoms with Gasteiger partial charge in [0.15, 0.2) is 0 Å². The lowest BCUT2D eigenvalue weighted by molar-refractivity contribution is -0.132. The first kappa shape index (κ1) is 27.8. The first-order chi connectivity index (χ1) is 18.5. The molecule has 1 N–H and O–H groups in total. The Morgan fingerprint density at radius 3 is 2.18 bits per heavy atom. The molecule has 1 heterocycles. The number of amides is 1. The van der Waals surface area contributed by atoms with Gasteiger partial charge in [-0.2, -0.15) is 0 Å². The molecule has 204 valence electrons. The number of anilines is 1. The third-order valence-electron chi connectivity index (χ3n) is 6.66. The van der Waals surface area contributed by atoms with Gasteiger partial charge in [0.05, 0.1) is 37.5 Å². The van der Waals surface area contributed by atoms with Gasteiger partial charge < -0.3 is 19.3 Å². The summed E-state index contributed by atoms with van der Waals surface area (Å²) in [5.41, 5.74) is 2.15. The van der Waals surface area contributed by atoms with Crippen LogP contribution in [0.2, 0.25) is 0 Å². The number of carbonyl (C=O) groups is 2. The number of ketones is 1. The zero-order valence-corrected chi connectivity index (χ0v) is 23.4. The van der Waals surface area contributed by atoms with Crippen molar-refractivity contribution in [1.82, 2.24) is 0 Å². The van der Waals surface area contributed by atoms with Gasteiger partial charge in [0.25, 0.3) is 11.7 Å². The maximum Gasteiger partial charge on any atom is 0.300 e. The molecule has 7 nitrogen and oxygen atoms in total. The molecule has 1 unspecified atom stereocenters. The Bertz CT molecular complexity index is 1420. The van der Waals surface area contributed by atoms with E-state index in [1.807, 2.05) is 44.2 Å². The Hall–Kier alpha value is -4.26. The highest BCUT2D eigenvalue weighted by molar-refractivity contribution is 6.51. The summed E-state index contributed by atoms with van der Waals surface area (Å²) in [4.78, 5) is 28.6. The summed E-state index contributed by atoms with van der Waals surface area (Å²) in [6, 6.07) is 18.7. The average molecular weight is 530 g/mol. The van der Waals surface area contributed by atoms with Crippen LogP contribution in [0, 0.1) is 0 Å². The molecule has 3 aromatic rings. The molecule has 0 spiro atoms. The number of aliphatic hydroxyl groups is 1. The number of hydrogen-bond acceptors (Lipinski definition) is 6. The van der Waals surface area contributed by atoms with Crippen LogP contribution >= 0.6 is 0 Å². The van der Waals surface area contributed by atoms with Crippen molar-refractivity contribution in [2.24, 2.45) is 0 Å². The van der Waals surface area contributed by atoms with E-state index in [4.69, 9.17) is 14.2 Å². The topological polar surface area (TPSA) is 85.3 Å². The molecule has 0 saturated carbocycles. The van der Waals surface area contributed by atoms with Crippen molar-refractivity contribution in [2.75, 3.05) is 19.1 Å². The summed E-state index contributed by atoms with van der Waals surface area (Å²) in [6.07, 6.45) is -0.0717. The number of aliphatic hydroxyl groups excluding tert-OH is 1. The number of ether oxygens (including phenoxy) is 3. The molecule has 39 heavy (non-hydrogen) atoms. The van der Waals surface area contributed by atoms with E-state index >= 15 is 0 Å². The van der Waals surface area contributed by atoms with Crippen molar-refractivity contribution in [2.45, 2.75) is 52.2 Å². The number of benzene rings is 3. The number of hydrogen-bond donors (Lipinski definition) is 1. The number of rotatable bonds is 7. The predicted molar refractivity (Wildman–Crippen MR) is 152 cm³/mol. The lowest BCUT2D eigenvalue weighted by Gasteiger charge is -2.26. The van der Waals surface area contributed by atoms with Crippen LogP contribution in [0.15, 0.2) is 72.3 Å². The Labute approximate surface area is 229 Å². The van der Waals surface area contributed by atoms with Crippen molar-refractivity contribution < 1.29 is 28.9 Å². The van der Waals surface area contributed by atoms with Crippen molar-refractivity contribution in [1.29, 1.82) is 0 Å². The van der Waals surface area contributed by atoms with Gasteiger partial charge in [-0.05, 0) is 78.9 Å². The molecule has 1 fully saturated rings. The quantitative estimate of drug-likeness (QED) is 0.216. The van der Waals surface area contributed by atoms with Crippen molar-refractivity contribution >= 4 is 23.1 Å². The zero-order valence-electron chi connectivity index (χ0n) is 23.4. The molecule has 3 aromatic carbocycles. The van der Waals surface area contributed by atoms with Crippen LogP contribution in [0.3, 0.4) is 0 Å². The smallest absolute Gasteiger partial charge is 0.300 e. The second-order valence-corrected chi connectivity index (χ2v) is 10.8. The molecule has 1 amide bonds. The van der Waals surface area contributed by atoms with Crippen LogP contribution in [-0.4, -0.2) is 37.1 Å². The molecule has 1 aliphatic rings. The lowest BCUT2D eigenvalue weighted by Crippen LogP contribution is -2.29. The standard InChI is InChI=1S/C32H35NO6/c1-19(2)39-24-10-8-9-20(17-24)28-27(29(34)25-18-21(32(3,4)5)11-16-26(25)38-7)30(35)31(36)33(28)22-12-14-23(37-6)15-13-22/h8-19,28,34H,1-7H3/b29-27+. The molecule has 0 aliphatic carbocycles. The highest BCUT2D eigenvalue weighted by Crippen LogP contribution is 2.44. The second-order valence-electron chi connectivity index (χ2n) is 10.8. The van der Waals surface area contributed by atoms with Gasteiger partial charge >= 0.3 is 0 Å². The predicted octanol–water partition coefficient (Wildman–Crippen LogP) is 6.41. The van der Waals surface area contributed by atoms with Crippen LogP contribution in [-0.2, 0) is 15.0 Å². The maximum atomic E-state index is 13.6. The normalized spacial score (nSPS) is 17.0. The lowest BCUT2D eigenvalue weighted by atomic mass is 9.85. The van der Waals surface area contributed by atoms with Gasteiger partial charge in [-0.3, -0.25) is 14.5 Å². The summed E-state index contributed by atoms with van der Waals surface area (Å²) < 4.78 is 16.7. The van der Waals surface area contributed by atoms with Gasteiger partial charge in [-0.15, -0.1) is 0 Å². The van der Waals surface area contributed by atoms with E-state index in [1.165, 1.54) is 12.0 Å². The number of methoxy groups -OCH3 is 2. The summed E-state index contributed by atoms with van der Waals surface area (Å²) in [7, 11) is 3.06. The van der Waals surface area contributed by atoms with Crippen molar-refractivity contribution in [3.8, 4) is 17.2 Å². The van der Waals surface area contributed by atoms with Crippen molar-refractivity contribution in [3.05, 3.63) is 89.0 Å². The number of carbonyl (C=O) groups excluding carboxylic acids is 2. The maximum absolute atomic E-state index is 13.6. The van der Waals surface area contributed by atoms with E-state index in [0.717, 1.165) is 5.56 Å². The Morgan fingerprint density at radius 1 is 0.897 bits per heavy atom. The van der Waals surface area contributed by atoms with Gasteiger partial charge in [0.1, 0.15) is 23.0 Å². The first-order valence-corrected chi connectivity index (χ1v) is 12.9. The van der Waals surface area contributed by atoms with Gasteiger partial charge in [0.2, 0.25) is 0 Å². The van der Waals surface area contributed by atoms with E-state index in [9.17, 15) is 14.7 Å². The van der Waals surface area contributed by atoms with Gasteiger partial charge in [-0.25, -0.2) is 0 Å². The average Bonchev–Trinajstić information content (AvgIpc) is 3.17. The second kappa shape index (κ2) is 10.8. The minimum atomic E-state index is -0.905. The summed E-state index contributed by atoms with van der Waals surface area (Å²) >= 11 is 0. The molecule has 1 saturated heterocycles. The van der Waals surface area contributed by atoms with E-state index in [2.05, 4.69) is 20.8 Å². The molecular formula is C32H35NO6. The molecule has 7 heteroatoms. The summed E-state index contributed by atoms with van der Waals surface area (Å²) in [5, 5.41) is 11.8. The number of Topliss-reactive ketones (excluding diaryl/α,β-unsaturated/α-hetero) is 1. The third-order valence-corrected chi connectivity index (χ3v) is 6.66. The minimum absolute atomic E-state index is 0.0260. The van der Waals surface area contributed by atoms with Crippen LogP contribution < -0.4 is 19.1 Å². The van der Waals surface area contributed by atoms with E-state index < -0.39 is 17.7 Å². The van der Waals surface area contributed by atoms with E-state index in [-0.39, 0.29) is 22.9 Å². The fourth-order valence-electron chi connectivity index (χ4n) is 4.69. The monoisotopic (exact) mass is 529 g/mol. The minimum Gasteiger partial charge on any atom is -0.507 e. The molecule has 1 aliphatic heterocycles. The number of nitrogens with zero attached hydrogens (tertiary/aromatic N) is 1. The zero-order chi connectivity index (χ0) is 28.5. The van der Waals surface area contributed by atoms with Gasteiger partial charge in [0, 0.05) is 5.69 Å². The van der Waals surface area contributed by atoms with Crippen LogP contribution in [0.4, 0.5) is 5.69 Å². The highest BCUT2D eigenvalue weighted by Gasteiger charge is 2.47. The molecule has 0 radical (unpaired) electrons. The molecule has 0 bridgehead atoms. The van der Waals surface area contributed by atoms with Crippen molar-refractivity contribution in [3.63, 3.8) is 0 Å². The molecular weight excluding hydrogens is 494 g/mol. The third kappa shape index (κ3) is 5.48. The van der Waals surface area contributed by atoms with Crippen LogP contribution in [0.5, 0.6) is 17.2 Å². The Morgan fingerprint density at radius 2 is 1.59 bits per heavy atom. The van der Waals surface area contributed by atoms with Crippen LogP contribution in [0.25, 0.3) is 5.76 Å². The Balaban J connectivity index is 1.98. The fraction of sp³-hybridized carbons (Fsp3) is 0.312. The molecule has 1 atom stereocenters. The molecule has 4 rings (SSSR count). The SMILES string of the molecule is COc1ccc(N2C(=O)C(=O)/C(=C(/O)c3cc(C(C)(C)C)ccc3OC)C2c2cccc(OC(C)C)c2)cc1. The summed E-state index contributed by atoms with van der Waals surface area (Å²) in [6.45, 7) is 10.0. The van der Waals surface area contributed by atoms with E-state index in [1.54, 1.807) is 43.5 Å². The van der Waals surface area contributed by atoms with Crippen LogP contribution in [0.1, 0.15) is 57.4 Å². The highest BCUT2D eigenvalue weighted by atomic mass is 16.5. The van der Waals surface area contributed by atoms with E-state index in [0.29, 0.717) is 34.1 Å². The Kier molecular flexibility index (Phi) is 7.72. The van der Waals surface area contributed by atoms with Gasteiger partial charge in [-0.1, -0.05) is 39.0 Å². The summed E-state index contributed by atoms with van der Waals surface area (Å²) in [5.74, 6) is -0.225. The fourth-order valence-corrected chi connectivity index (χ4v) is 4.69. The largest absolute Gasteiger partial charge is 0.507 e.